The first-order chi connectivity index (χ1) is 9.88. The molecule has 2 aromatic heterocycles. The average molecular weight is 316 g/mol. The maximum Gasteiger partial charge on any atom is 0.416 e. The summed E-state index contributed by atoms with van der Waals surface area (Å²) >= 11 is 5.91. The highest BCUT2D eigenvalue weighted by Crippen LogP contribution is 2.33. The lowest BCUT2D eigenvalue weighted by atomic mass is 10.2. The summed E-state index contributed by atoms with van der Waals surface area (Å²) in [6.45, 7) is 0. The first-order valence-electron chi connectivity index (χ1n) is 5.72. The maximum atomic E-state index is 14.1. The molecule has 1 aromatic carbocycles. The Morgan fingerprint density at radius 3 is 2.57 bits per heavy atom. The molecule has 8 heteroatoms. The number of nitrogens with zero attached hydrogens (tertiary/aromatic N) is 3. The second-order valence-corrected chi connectivity index (χ2v) is 4.61. The van der Waals surface area contributed by atoms with E-state index >= 15 is 0 Å². The first kappa shape index (κ1) is 13.8. The smallest absolute Gasteiger partial charge is 0.293 e. The van der Waals surface area contributed by atoms with Gasteiger partial charge in [0.25, 0.3) is 0 Å². The highest BCUT2D eigenvalue weighted by molar-refractivity contribution is 6.31. The fraction of sp³-hybridized carbons (Fsp3) is 0.0769. The van der Waals surface area contributed by atoms with Crippen LogP contribution in [0.3, 0.4) is 0 Å². The summed E-state index contributed by atoms with van der Waals surface area (Å²) in [6, 6.07) is 4.37. The van der Waals surface area contributed by atoms with Crippen molar-refractivity contribution in [3.05, 3.63) is 53.3 Å². The summed E-state index contributed by atoms with van der Waals surface area (Å²) in [6.07, 6.45) is -1.98. The molecule has 3 nitrogen and oxygen atoms in total. The molecule has 0 N–H and O–H groups in total. The molecule has 0 bridgehead atoms. The molecule has 0 aliphatic carbocycles. The molecule has 0 saturated heterocycles. The molecule has 108 valence electrons. The fourth-order valence-corrected chi connectivity index (χ4v) is 2.21. The molecule has 3 aromatic rings. The molecule has 0 spiro atoms. The number of rotatable bonds is 1. The SMILES string of the molecule is Fc1cc(C(F)(F)F)cc2ncn(-c3cccnc3Cl)c12. The zero-order chi connectivity index (χ0) is 15.2. The molecular formula is C13H6ClF4N3. The van der Waals surface area contributed by atoms with E-state index in [0.29, 0.717) is 11.8 Å². The van der Waals surface area contributed by atoms with E-state index in [1.807, 2.05) is 0 Å². The Balaban J connectivity index is 2.27. The van der Waals surface area contributed by atoms with Crippen LogP contribution < -0.4 is 0 Å². The van der Waals surface area contributed by atoms with Crippen LogP contribution in [0.2, 0.25) is 5.15 Å². The third kappa shape index (κ3) is 2.33. The summed E-state index contributed by atoms with van der Waals surface area (Å²) in [5.41, 5.74) is -0.949. The van der Waals surface area contributed by atoms with Gasteiger partial charge >= 0.3 is 6.18 Å². The van der Waals surface area contributed by atoms with Crippen molar-refractivity contribution in [1.82, 2.24) is 14.5 Å². The summed E-state index contributed by atoms with van der Waals surface area (Å²) in [5.74, 6) is -1.03. The van der Waals surface area contributed by atoms with E-state index in [1.54, 1.807) is 12.1 Å². The number of hydrogen-bond acceptors (Lipinski definition) is 2. The van der Waals surface area contributed by atoms with Gasteiger partial charge in [0.2, 0.25) is 0 Å². The van der Waals surface area contributed by atoms with Gasteiger partial charge in [-0.2, -0.15) is 13.2 Å². The van der Waals surface area contributed by atoms with Crippen LogP contribution in [0.4, 0.5) is 17.6 Å². The van der Waals surface area contributed by atoms with Crippen LogP contribution >= 0.6 is 11.6 Å². The molecule has 0 saturated carbocycles. The second-order valence-electron chi connectivity index (χ2n) is 4.25. The molecule has 0 amide bonds. The van der Waals surface area contributed by atoms with Gasteiger partial charge in [-0.25, -0.2) is 14.4 Å². The van der Waals surface area contributed by atoms with Crippen LogP contribution in [-0.2, 0) is 6.18 Å². The van der Waals surface area contributed by atoms with Crippen molar-refractivity contribution in [2.75, 3.05) is 0 Å². The van der Waals surface area contributed by atoms with Gasteiger partial charge < -0.3 is 0 Å². The predicted octanol–water partition coefficient (Wildman–Crippen LogP) is 4.23. The van der Waals surface area contributed by atoms with Gasteiger partial charge in [-0.15, -0.1) is 0 Å². The number of alkyl halides is 3. The topological polar surface area (TPSA) is 30.7 Å². The Hall–Kier alpha value is -2.15. The summed E-state index contributed by atoms with van der Waals surface area (Å²) < 4.78 is 53.3. The molecule has 3 rings (SSSR count). The van der Waals surface area contributed by atoms with E-state index < -0.39 is 17.6 Å². The standard InChI is InChI=1S/C13H6ClF4N3/c14-12-10(2-1-3-19-12)21-6-20-9-5-7(13(16,17)18)4-8(15)11(9)21/h1-6H. The monoisotopic (exact) mass is 315 g/mol. The zero-order valence-corrected chi connectivity index (χ0v) is 11.0. The molecule has 21 heavy (non-hydrogen) atoms. The molecule has 0 atom stereocenters. The van der Waals surface area contributed by atoms with Crippen molar-refractivity contribution in [1.29, 1.82) is 0 Å². The van der Waals surface area contributed by atoms with E-state index in [1.165, 1.54) is 17.1 Å². The molecule has 2 heterocycles. The lowest BCUT2D eigenvalue weighted by Gasteiger charge is -2.09. The number of imidazole rings is 1. The highest BCUT2D eigenvalue weighted by Gasteiger charge is 2.32. The fourth-order valence-electron chi connectivity index (χ4n) is 2.00. The van der Waals surface area contributed by atoms with Gasteiger partial charge in [0, 0.05) is 6.20 Å². The maximum absolute atomic E-state index is 14.1. The van der Waals surface area contributed by atoms with Crippen molar-refractivity contribution in [2.45, 2.75) is 6.18 Å². The van der Waals surface area contributed by atoms with Crippen molar-refractivity contribution in [2.24, 2.45) is 0 Å². The van der Waals surface area contributed by atoms with E-state index in [4.69, 9.17) is 11.6 Å². The van der Waals surface area contributed by atoms with Gasteiger partial charge in [-0.3, -0.25) is 4.57 Å². The number of pyridine rings is 1. The van der Waals surface area contributed by atoms with Crippen molar-refractivity contribution >= 4 is 22.6 Å². The minimum absolute atomic E-state index is 0.0853. The van der Waals surface area contributed by atoms with Gasteiger partial charge in [0.05, 0.1) is 16.8 Å². The molecule has 0 unspecified atom stereocenters. The first-order valence-corrected chi connectivity index (χ1v) is 6.10. The van der Waals surface area contributed by atoms with Crippen LogP contribution in [0.15, 0.2) is 36.8 Å². The van der Waals surface area contributed by atoms with Crippen LogP contribution in [0, 0.1) is 5.82 Å². The Morgan fingerprint density at radius 1 is 1.14 bits per heavy atom. The third-order valence-electron chi connectivity index (χ3n) is 2.92. The lowest BCUT2D eigenvalue weighted by molar-refractivity contribution is -0.137. The van der Waals surface area contributed by atoms with E-state index in [-0.39, 0.29) is 16.2 Å². The number of fused-ring (bicyclic) bond motifs is 1. The Labute approximate surface area is 120 Å². The van der Waals surface area contributed by atoms with Crippen molar-refractivity contribution in [3.8, 4) is 5.69 Å². The van der Waals surface area contributed by atoms with Crippen molar-refractivity contribution in [3.63, 3.8) is 0 Å². The Morgan fingerprint density at radius 2 is 1.90 bits per heavy atom. The number of hydrogen-bond donors (Lipinski definition) is 0. The van der Waals surface area contributed by atoms with E-state index in [0.717, 1.165) is 6.07 Å². The van der Waals surface area contributed by atoms with E-state index in [2.05, 4.69) is 9.97 Å². The van der Waals surface area contributed by atoms with Crippen LogP contribution in [-0.4, -0.2) is 14.5 Å². The van der Waals surface area contributed by atoms with Crippen LogP contribution in [0.1, 0.15) is 5.56 Å². The molecule has 0 aliphatic rings. The van der Waals surface area contributed by atoms with Gasteiger partial charge in [0.15, 0.2) is 5.15 Å². The van der Waals surface area contributed by atoms with Gasteiger partial charge in [0.1, 0.15) is 17.7 Å². The van der Waals surface area contributed by atoms with Crippen LogP contribution in [0.5, 0.6) is 0 Å². The lowest BCUT2D eigenvalue weighted by Crippen LogP contribution is -2.06. The molecule has 0 radical (unpaired) electrons. The average Bonchev–Trinajstić information content (AvgIpc) is 2.82. The normalized spacial score (nSPS) is 12.0. The summed E-state index contributed by atoms with van der Waals surface area (Å²) in [7, 11) is 0. The highest BCUT2D eigenvalue weighted by atomic mass is 35.5. The predicted molar refractivity (Wildman–Crippen MR) is 68.8 cm³/mol. The van der Waals surface area contributed by atoms with E-state index in [9.17, 15) is 17.6 Å². The Kier molecular flexibility index (Phi) is 3.09. The molecule has 0 aliphatic heterocycles. The molecule has 0 fully saturated rings. The summed E-state index contributed by atoms with van der Waals surface area (Å²) in [4.78, 5) is 7.65. The quantitative estimate of drug-likeness (QED) is 0.497. The zero-order valence-electron chi connectivity index (χ0n) is 10.2. The number of aromatic nitrogens is 3. The second kappa shape index (κ2) is 4.70. The van der Waals surface area contributed by atoms with Crippen LogP contribution in [0.25, 0.3) is 16.7 Å². The minimum atomic E-state index is -4.63. The summed E-state index contributed by atoms with van der Waals surface area (Å²) in [5, 5.41) is 0.0936. The van der Waals surface area contributed by atoms with Gasteiger partial charge in [-0.05, 0) is 24.3 Å². The van der Waals surface area contributed by atoms with Crippen molar-refractivity contribution < 1.29 is 17.6 Å². The number of benzene rings is 1. The number of halogens is 5. The Bertz CT molecular complexity index is 826. The largest absolute Gasteiger partial charge is 0.416 e. The van der Waals surface area contributed by atoms with Gasteiger partial charge in [-0.1, -0.05) is 11.6 Å². The minimum Gasteiger partial charge on any atom is -0.293 e. The molecular weight excluding hydrogens is 310 g/mol. The third-order valence-corrected chi connectivity index (χ3v) is 3.21.